The normalized spacial score (nSPS) is 19.2. The van der Waals surface area contributed by atoms with Gasteiger partial charge in [0.2, 0.25) is 0 Å². The highest BCUT2D eigenvalue weighted by Crippen LogP contribution is 2.52. The molecule has 1 aliphatic rings. The van der Waals surface area contributed by atoms with Crippen LogP contribution in [0.3, 0.4) is 0 Å². The minimum atomic E-state index is -3.04. The van der Waals surface area contributed by atoms with Crippen molar-refractivity contribution >= 4 is 9.84 Å². The van der Waals surface area contributed by atoms with E-state index >= 15 is 0 Å². The molecule has 14 heavy (non-hydrogen) atoms. The van der Waals surface area contributed by atoms with Gasteiger partial charge in [0.05, 0.1) is 4.75 Å². The molecule has 0 aliphatic heterocycles. The second-order valence-corrected chi connectivity index (χ2v) is 6.14. The first-order chi connectivity index (χ1) is 6.46. The fraction of sp³-hybridized carbons (Fsp3) is 0.400. The molecule has 1 saturated carbocycles. The van der Waals surface area contributed by atoms with Crippen LogP contribution in [0.25, 0.3) is 0 Å². The van der Waals surface area contributed by atoms with Crippen LogP contribution in [0.1, 0.15) is 18.4 Å². The summed E-state index contributed by atoms with van der Waals surface area (Å²) in [6, 6.07) is 6.42. The quantitative estimate of drug-likeness (QED) is 0.806. The van der Waals surface area contributed by atoms with Crippen LogP contribution in [0.15, 0.2) is 24.3 Å². The lowest BCUT2D eigenvalue weighted by Crippen LogP contribution is -2.18. The maximum Gasteiger partial charge on any atom is 0.157 e. The van der Waals surface area contributed by atoms with Crippen LogP contribution in [-0.2, 0) is 14.6 Å². The number of rotatable bonds is 2. The average molecular weight is 212 g/mol. The van der Waals surface area contributed by atoms with Crippen molar-refractivity contribution in [2.24, 2.45) is 0 Å². The Kier molecular flexibility index (Phi) is 1.86. The molecule has 0 spiro atoms. The second-order valence-electron chi connectivity index (χ2n) is 3.81. The molecule has 0 bridgehead atoms. The Morgan fingerprint density at radius 1 is 1.21 bits per heavy atom. The topological polar surface area (TPSA) is 54.4 Å². The summed E-state index contributed by atoms with van der Waals surface area (Å²) in [4.78, 5) is 0. The minimum Gasteiger partial charge on any atom is -0.508 e. The molecule has 1 aromatic carbocycles. The summed E-state index contributed by atoms with van der Waals surface area (Å²) in [6.07, 6.45) is 2.65. The number of sulfone groups is 1. The van der Waals surface area contributed by atoms with Gasteiger partial charge >= 0.3 is 0 Å². The molecule has 0 aromatic heterocycles. The smallest absolute Gasteiger partial charge is 0.157 e. The zero-order chi connectivity index (χ0) is 10.4. The van der Waals surface area contributed by atoms with Gasteiger partial charge in [-0.2, -0.15) is 0 Å². The standard InChI is InChI=1S/C10H12O3S/c1-14(12,13)10(6-7-10)8-2-4-9(11)5-3-8/h2-5,11H,6-7H2,1H3. The highest BCUT2D eigenvalue weighted by atomic mass is 32.2. The number of phenols is 1. The number of phenolic OH excluding ortho intramolecular Hbond substituents is 1. The van der Waals surface area contributed by atoms with E-state index in [4.69, 9.17) is 5.11 Å². The lowest BCUT2D eigenvalue weighted by molar-refractivity contribution is 0.475. The van der Waals surface area contributed by atoms with Crippen molar-refractivity contribution in [3.63, 3.8) is 0 Å². The number of aromatic hydroxyl groups is 1. The van der Waals surface area contributed by atoms with E-state index in [1.165, 1.54) is 18.4 Å². The van der Waals surface area contributed by atoms with E-state index in [2.05, 4.69) is 0 Å². The maximum absolute atomic E-state index is 11.5. The van der Waals surface area contributed by atoms with Crippen LogP contribution in [0.2, 0.25) is 0 Å². The van der Waals surface area contributed by atoms with E-state index in [1.807, 2.05) is 0 Å². The van der Waals surface area contributed by atoms with Gasteiger partial charge in [0.15, 0.2) is 9.84 Å². The van der Waals surface area contributed by atoms with E-state index in [9.17, 15) is 8.42 Å². The Bertz CT molecular complexity index is 441. The Morgan fingerprint density at radius 3 is 2.07 bits per heavy atom. The monoisotopic (exact) mass is 212 g/mol. The van der Waals surface area contributed by atoms with Gasteiger partial charge in [0, 0.05) is 6.26 Å². The summed E-state index contributed by atoms with van der Waals surface area (Å²) in [7, 11) is -3.04. The highest BCUT2D eigenvalue weighted by Gasteiger charge is 2.53. The van der Waals surface area contributed by atoms with Gasteiger partial charge in [-0.05, 0) is 30.5 Å². The molecule has 0 saturated heterocycles. The molecule has 0 heterocycles. The van der Waals surface area contributed by atoms with Gasteiger partial charge in [0.25, 0.3) is 0 Å². The summed E-state index contributed by atoms with van der Waals surface area (Å²) >= 11 is 0. The van der Waals surface area contributed by atoms with Gasteiger partial charge in [-0.15, -0.1) is 0 Å². The van der Waals surface area contributed by atoms with Crippen LogP contribution in [0.4, 0.5) is 0 Å². The number of benzene rings is 1. The predicted molar refractivity (Wildman–Crippen MR) is 53.9 cm³/mol. The molecule has 1 fully saturated rings. The summed E-state index contributed by atoms with van der Waals surface area (Å²) in [5.74, 6) is 0.165. The fourth-order valence-electron chi connectivity index (χ4n) is 1.75. The SMILES string of the molecule is CS(=O)(=O)C1(c2ccc(O)cc2)CC1. The first-order valence-corrected chi connectivity index (χ1v) is 6.34. The number of hydrogen-bond acceptors (Lipinski definition) is 3. The van der Waals surface area contributed by atoms with Gasteiger partial charge in [-0.1, -0.05) is 12.1 Å². The highest BCUT2D eigenvalue weighted by molar-refractivity contribution is 7.92. The summed E-state index contributed by atoms with van der Waals surface area (Å²) in [5.41, 5.74) is 0.790. The lowest BCUT2D eigenvalue weighted by Gasteiger charge is -2.12. The maximum atomic E-state index is 11.5. The molecular weight excluding hydrogens is 200 g/mol. The van der Waals surface area contributed by atoms with Crippen molar-refractivity contribution in [2.45, 2.75) is 17.6 Å². The molecule has 0 unspecified atom stereocenters. The van der Waals surface area contributed by atoms with E-state index in [0.717, 1.165) is 5.56 Å². The van der Waals surface area contributed by atoms with Gasteiger partial charge in [-0.25, -0.2) is 8.42 Å². The van der Waals surface area contributed by atoms with Crippen LogP contribution >= 0.6 is 0 Å². The van der Waals surface area contributed by atoms with Gasteiger partial charge < -0.3 is 5.11 Å². The Hall–Kier alpha value is -1.03. The molecule has 3 nitrogen and oxygen atoms in total. The molecule has 4 heteroatoms. The molecule has 0 atom stereocenters. The van der Waals surface area contributed by atoms with E-state index < -0.39 is 14.6 Å². The Labute approximate surface area is 83.3 Å². The first-order valence-electron chi connectivity index (χ1n) is 4.45. The minimum absolute atomic E-state index is 0.165. The van der Waals surface area contributed by atoms with Crippen molar-refractivity contribution in [1.82, 2.24) is 0 Å². The summed E-state index contributed by atoms with van der Waals surface area (Å²) < 4.78 is 22.4. The third-order valence-corrected chi connectivity index (χ3v) is 4.87. The third-order valence-electron chi connectivity index (χ3n) is 2.81. The molecule has 1 N–H and O–H groups in total. The predicted octanol–water partition coefficient (Wildman–Crippen LogP) is 1.43. The van der Waals surface area contributed by atoms with Crippen molar-refractivity contribution < 1.29 is 13.5 Å². The van der Waals surface area contributed by atoms with E-state index in [-0.39, 0.29) is 5.75 Å². The van der Waals surface area contributed by atoms with Crippen molar-refractivity contribution in [1.29, 1.82) is 0 Å². The molecule has 1 aromatic rings. The Balaban J connectivity index is 2.46. The zero-order valence-corrected chi connectivity index (χ0v) is 8.71. The summed E-state index contributed by atoms with van der Waals surface area (Å²) in [5, 5.41) is 9.10. The van der Waals surface area contributed by atoms with Crippen LogP contribution in [0, 0.1) is 0 Å². The molecule has 2 rings (SSSR count). The molecule has 76 valence electrons. The summed E-state index contributed by atoms with van der Waals surface area (Å²) in [6.45, 7) is 0. The van der Waals surface area contributed by atoms with Crippen LogP contribution in [0.5, 0.6) is 5.75 Å². The van der Waals surface area contributed by atoms with Crippen LogP contribution < -0.4 is 0 Å². The third kappa shape index (κ3) is 1.30. The number of hydrogen-bond donors (Lipinski definition) is 1. The lowest BCUT2D eigenvalue weighted by atomic mass is 10.1. The van der Waals surface area contributed by atoms with E-state index in [1.54, 1.807) is 12.1 Å². The van der Waals surface area contributed by atoms with Crippen molar-refractivity contribution in [3.05, 3.63) is 29.8 Å². The average Bonchev–Trinajstić information content (AvgIpc) is 2.84. The first kappa shape index (κ1) is 9.52. The van der Waals surface area contributed by atoms with E-state index in [0.29, 0.717) is 12.8 Å². The second kappa shape index (κ2) is 2.73. The van der Waals surface area contributed by atoms with Crippen LogP contribution in [-0.4, -0.2) is 19.8 Å². The van der Waals surface area contributed by atoms with Crippen molar-refractivity contribution in [2.75, 3.05) is 6.26 Å². The zero-order valence-electron chi connectivity index (χ0n) is 7.90. The molecule has 1 aliphatic carbocycles. The molecule has 0 radical (unpaired) electrons. The Morgan fingerprint density at radius 2 is 1.71 bits per heavy atom. The largest absolute Gasteiger partial charge is 0.508 e. The molecule has 0 amide bonds. The van der Waals surface area contributed by atoms with Crippen molar-refractivity contribution in [3.8, 4) is 5.75 Å². The van der Waals surface area contributed by atoms with Gasteiger partial charge in [0.1, 0.15) is 5.75 Å². The fourth-order valence-corrected chi connectivity index (χ4v) is 3.16. The van der Waals surface area contributed by atoms with Gasteiger partial charge in [-0.3, -0.25) is 0 Å². The molecular formula is C10H12O3S.